The van der Waals surface area contributed by atoms with Gasteiger partial charge in [-0.3, -0.25) is 0 Å². The summed E-state index contributed by atoms with van der Waals surface area (Å²) in [5.41, 5.74) is 30.3. The molecule has 76 heavy (non-hydrogen) atoms. The van der Waals surface area contributed by atoms with Crippen LogP contribution in [0.3, 0.4) is 0 Å². The molecular weight excluding hydrogens is 916 g/mol. The van der Waals surface area contributed by atoms with Gasteiger partial charge in [-0.25, -0.2) is 0 Å². The fraction of sp³-hybridized carbons (Fsp3) is 0.260. The Hall–Kier alpha value is -7.36. The summed E-state index contributed by atoms with van der Waals surface area (Å²) < 4.78 is 5.62. The fourth-order valence-electron chi connectivity index (χ4n) is 16.6. The second-order valence-electron chi connectivity index (χ2n) is 26.1. The first-order chi connectivity index (χ1) is 37.0. The molecule has 1 spiro atoms. The Morgan fingerprint density at radius 3 is 1.64 bits per heavy atom. The number of fused-ring (bicyclic) bond motifs is 13. The van der Waals surface area contributed by atoms with Crippen molar-refractivity contribution in [3.8, 4) is 44.9 Å². The molecule has 2 saturated carbocycles. The van der Waals surface area contributed by atoms with Crippen LogP contribution in [0.2, 0.25) is 0 Å². The molecule has 9 aromatic carbocycles. The fourth-order valence-corrected chi connectivity index (χ4v) is 16.6. The normalized spacial score (nSPS) is 16.9. The third kappa shape index (κ3) is 5.49. The minimum Gasteiger partial charge on any atom is -0.310 e. The first-order valence-electron chi connectivity index (χ1n) is 28.8. The number of benzene rings is 9. The van der Waals surface area contributed by atoms with Crippen molar-refractivity contribution in [3.05, 3.63) is 208 Å². The van der Waals surface area contributed by atoms with Crippen LogP contribution >= 0.6 is 0 Å². The molecular formula is C73H63BN2. The number of hydrogen-bond acceptors (Lipinski definition) is 0. The monoisotopic (exact) mass is 979 g/mol. The molecule has 0 unspecified atom stereocenters. The van der Waals surface area contributed by atoms with Gasteiger partial charge in [0.2, 0.25) is 0 Å². The third-order valence-electron chi connectivity index (χ3n) is 20.1. The molecule has 6 aliphatic rings. The summed E-state index contributed by atoms with van der Waals surface area (Å²) in [6, 6.07) is 66.4. The summed E-state index contributed by atoms with van der Waals surface area (Å²) in [6.07, 6.45) is 10.3. The Morgan fingerprint density at radius 2 is 1.01 bits per heavy atom. The van der Waals surface area contributed by atoms with Crippen LogP contribution < -0.4 is 16.4 Å². The number of rotatable bonds is 4. The smallest absolute Gasteiger partial charge is 0.252 e. The molecule has 5 heterocycles. The molecule has 2 nitrogen and oxygen atoms in total. The summed E-state index contributed by atoms with van der Waals surface area (Å²) in [4.78, 5) is 0. The van der Waals surface area contributed by atoms with Gasteiger partial charge >= 0.3 is 0 Å². The lowest BCUT2D eigenvalue weighted by atomic mass is 9.33. The largest absolute Gasteiger partial charge is 0.310 e. The second-order valence-corrected chi connectivity index (χ2v) is 26.1. The minimum atomic E-state index is -0.508. The lowest BCUT2D eigenvalue weighted by molar-refractivity contribution is 0.590. The minimum absolute atomic E-state index is 0.0205. The maximum absolute atomic E-state index is 2.85. The van der Waals surface area contributed by atoms with Crippen molar-refractivity contribution in [3.63, 3.8) is 0 Å². The van der Waals surface area contributed by atoms with Gasteiger partial charge in [0.05, 0.1) is 22.1 Å². The first-order valence-corrected chi connectivity index (χ1v) is 28.8. The average Bonchev–Trinajstić information content (AvgIpc) is 4.36. The molecule has 368 valence electrons. The van der Waals surface area contributed by atoms with Crippen LogP contribution in [0.4, 0.5) is 0 Å². The van der Waals surface area contributed by atoms with Gasteiger partial charge in [-0.15, -0.1) is 0 Å². The highest BCUT2D eigenvalue weighted by molar-refractivity contribution is 7.00. The van der Waals surface area contributed by atoms with E-state index >= 15 is 0 Å². The van der Waals surface area contributed by atoms with E-state index in [1.165, 1.54) is 190 Å². The highest BCUT2D eigenvalue weighted by Crippen LogP contribution is 2.62. The molecule has 2 aromatic heterocycles. The van der Waals surface area contributed by atoms with Crippen LogP contribution in [-0.2, 0) is 16.2 Å². The van der Waals surface area contributed by atoms with Gasteiger partial charge in [0, 0.05) is 38.6 Å². The summed E-state index contributed by atoms with van der Waals surface area (Å²) >= 11 is 0. The SMILES string of the molecule is CC(C)(C)c1ccc(-c2c(-c3ccc(C(C)(C)C)cc3)n3c4c(cc5ccccc5c24)B2c4c-3ccc3c4-n4c5c2cc(C2CCCC2)cc5c2cc(C5CCCC5)cc(c24)C32c3ccccc3-c3ccccc32)cc1. The van der Waals surface area contributed by atoms with E-state index in [1.54, 1.807) is 11.1 Å². The van der Waals surface area contributed by atoms with Crippen molar-refractivity contribution in [2.75, 3.05) is 0 Å². The third-order valence-corrected chi connectivity index (χ3v) is 20.1. The lowest BCUT2D eigenvalue weighted by Gasteiger charge is -2.44. The molecule has 3 aliphatic carbocycles. The van der Waals surface area contributed by atoms with E-state index in [0.29, 0.717) is 11.8 Å². The van der Waals surface area contributed by atoms with Crippen molar-refractivity contribution in [1.29, 1.82) is 0 Å². The first kappa shape index (κ1) is 43.8. The van der Waals surface area contributed by atoms with Crippen LogP contribution in [0.25, 0.3) is 88.4 Å². The lowest BCUT2D eigenvalue weighted by Crippen LogP contribution is -2.60. The topological polar surface area (TPSA) is 9.86 Å². The van der Waals surface area contributed by atoms with E-state index < -0.39 is 5.41 Å². The number of nitrogens with zero attached hydrogens (tertiary/aromatic N) is 2. The molecule has 17 rings (SSSR count). The van der Waals surface area contributed by atoms with E-state index in [4.69, 9.17) is 0 Å². The molecule has 0 saturated heterocycles. The Bertz CT molecular complexity index is 4310. The van der Waals surface area contributed by atoms with Gasteiger partial charge in [0.1, 0.15) is 0 Å². The van der Waals surface area contributed by atoms with E-state index in [9.17, 15) is 0 Å². The maximum atomic E-state index is 2.85. The molecule has 3 heteroatoms. The Morgan fingerprint density at radius 1 is 0.461 bits per heavy atom. The van der Waals surface area contributed by atoms with Gasteiger partial charge in [-0.05, 0) is 160 Å². The molecule has 0 atom stereocenters. The predicted octanol–water partition coefficient (Wildman–Crippen LogP) is 16.9. The van der Waals surface area contributed by atoms with Gasteiger partial charge in [0.25, 0.3) is 6.71 Å². The van der Waals surface area contributed by atoms with Crippen LogP contribution in [0.1, 0.15) is 149 Å². The van der Waals surface area contributed by atoms with Crippen molar-refractivity contribution in [1.82, 2.24) is 9.13 Å². The summed E-state index contributed by atoms with van der Waals surface area (Å²) in [5, 5.41) is 6.92. The molecule has 0 N–H and O–H groups in total. The predicted molar refractivity (Wildman–Crippen MR) is 321 cm³/mol. The second kappa shape index (κ2) is 15.0. The van der Waals surface area contributed by atoms with Crippen molar-refractivity contribution < 1.29 is 0 Å². The van der Waals surface area contributed by atoms with Gasteiger partial charge in [-0.2, -0.15) is 0 Å². The Kier molecular flexibility index (Phi) is 8.64. The van der Waals surface area contributed by atoms with E-state index in [0.717, 1.165) is 0 Å². The zero-order chi connectivity index (χ0) is 50.7. The van der Waals surface area contributed by atoms with Crippen LogP contribution in [0, 0.1) is 0 Å². The van der Waals surface area contributed by atoms with Crippen molar-refractivity contribution >= 4 is 66.6 Å². The molecule has 0 radical (unpaired) electrons. The molecule has 2 fully saturated rings. The van der Waals surface area contributed by atoms with Crippen LogP contribution in [0.15, 0.2) is 164 Å². The highest BCUT2D eigenvalue weighted by Gasteiger charge is 2.55. The molecule has 3 aliphatic heterocycles. The summed E-state index contributed by atoms with van der Waals surface area (Å²) in [5.74, 6) is 1.15. The average molecular weight is 979 g/mol. The summed E-state index contributed by atoms with van der Waals surface area (Å²) in [7, 11) is 0. The number of aromatic nitrogens is 2. The van der Waals surface area contributed by atoms with E-state index in [1.807, 2.05) is 0 Å². The highest BCUT2D eigenvalue weighted by atomic mass is 15.1. The number of hydrogen-bond donors (Lipinski definition) is 0. The van der Waals surface area contributed by atoms with Crippen molar-refractivity contribution in [2.45, 2.75) is 121 Å². The van der Waals surface area contributed by atoms with E-state index in [2.05, 4.69) is 214 Å². The van der Waals surface area contributed by atoms with Crippen LogP contribution in [-0.4, -0.2) is 15.8 Å². The zero-order valence-electron chi connectivity index (χ0n) is 44.9. The van der Waals surface area contributed by atoms with Crippen LogP contribution in [0.5, 0.6) is 0 Å². The molecule has 11 aromatic rings. The van der Waals surface area contributed by atoms with Gasteiger partial charge in [0.15, 0.2) is 0 Å². The van der Waals surface area contributed by atoms with Crippen molar-refractivity contribution in [2.24, 2.45) is 0 Å². The van der Waals surface area contributed by atoms with Gasteiger partial charge in [-0.1, -0.05) is 213 Å². The standard InChI is InChI=1S/C73H63BN2/c1-71(2,3)49-31-27-44(28-32-49)63-64-51-22-12-11-21-46(51)40-61-70(64)75(66(63)45-29-33-50(34-30-45)72(4,5)6)62-36-35-58-69-65(62)74(61)60-41-48(43-19-9-10-20-43)38-55-54-37-47(42-17-7-8-18-42)39-59(67(54)76(69)68(55)60)73(58)56-25-15-13-23-52(56)53-24-14-16-26-57(53)73/h11-16,21-43H,7-10,17-20H2,1-6H3. The maximum Gasteiger partial charge on any atom is 0.252 e. The zero-order valence-corrected chi connectivity index (χ0v) is 44.9. The molecule has 0 amide bonds. The Balaban J connectivity index is 1.09. The van der Waals surface area contributed by atoms with E-state index in [-0.39, 0.29) is 17.5 Å². The molecule has 0 bridgehead atoms. The summed E-state index contributed by atoms with van der Waals surface area (Å²) in [6.45, 7) is 14.0. The Labute approximate surface area is 447 Å². The van der Waals surface area contributed by atoms with Gasteiger partial charge < -0.3 is 9.13 Å². The quantitative estimate of drug-likeness (QED) is 0.156.